The summed E-state index contributed by atoms with van der Waals surface area (Å²) in [7, 11) is 1.55. The lowest BCUT2D eigenvalue weighted by Crippen LogP contribution is -2.28. The SMILES string of the molecule is COc1ccc(C(C)(C)c2nc(C(=O)C[C@@H](c3ccc(OC(F)(F)F)c(F)c3)C(C)C)cc(=O)[nH]2)cc1. The molecular weight excluding hydrogens is 492 g/mol. The van der Waals surface area contributed by atoms with Crippen LogP contribution in [-0.2, 0) is 5.41 Å². The molecule has 1 heterocycles. The number of carbonyl (C=O) groups is 1. The minimum atomic E-state index is -5.03. The number of aromatic amines is 1. The molecule has 6 nitrogen and oxygen atoms in total. The van der Waals surface area contributed by atoms with Gasteiger partial charge in [-0.3, -0.25) is 9.59 Å². The van der Waals surface area contributed by atoms with Gasteiger partial charge in [0.15, 0.2) is 17.3 Å². The lowest BCUT2D eigenvalue weighted by molar-refractivity contribution is -0.275. The Bertz CT molecular complexity index is 1320. The summed E-state index contributed by atoms with van der Waals surface area (Å²) in [5.74, 6) is -2.35. The highest BCUT2D eigenvalue weighted by molar-refractivity contribution is 5.94. The van der Waals surface area contributed by atoms with Gasteiger partial charge in [0.25, 0.3) is 5.56 Å². The number of Topliss-reactive ketones (excluding diaryl/α,β-unsaturated/α-hetero) is 1. The van der Waals surface area contributed by atoms with Crippen molar-refractivity contribution in [1.82, 2.24) is 9.97 Å². The molecule has 198 valence electrons. The molecule has 10 heteroatoms. The molecule has 0 aliphatic rings. The Morgan fingerprint density at radius 2 is 1.70 bits per heavy atom. The highest BCUT2D eigenvalue weighted by atomic mass is 19.4. The van der Waals surface area contributed by atoms with Crippen LogP contribution < -0.4 is 15.0 Å². The molecule has 1 atom stereocenters. The number of benzene rings is 2. The lowest BCUT2D eigenvalue weighted by atomic mass is 9.83. The number of rotatable bonds is 9. The highest BCUT2D eigenvalue weighted by Crippen LogP contribution is 2.34. The van der Waals surface area contributed by atoms with E-state index in [4.69, 9.17) is 4.74 Å². The van der Waals surface area contributed by atoms with Crippen molar-refractivity contribution in [3.05, 3.63) is 87.3 Å². The normalized spacial score (nSPS) is 12.9. The van der Waals surface area contributed by atoms with Crippen molar-refractivity contribution in [2.75, 3.05) is 7.11 Å². The molecule has 0 radical (unpaired) electrons. The molecule has 3 rings (SSSR count). The Hall–Kier alpha value is -3.69. The zero-order chi connectivity index (χ0) is 27.5. The van der Waals surface area contributed by atoms with Crippen LogP contribution in [0.1, 0.15) is 67.5 Å². The van der Waals surface area contributed by atoms with Crippen LogP contribution in [0.3, 0.4) is 0 Å². The van der Waals surface area contributed by atoms with Crippen LogP contribution >= 0.6 is 0 Å². The van der Waals surface area contributed by atoms with E-state index in [2.05, 4.69) is 14.7 Å². The van der Waals surface area contributed by atoms with Crippen LogP contribution in [0.5, 0.6) is 11.5 Å². The van der Waals surface area contributed by atoms with Gasteiger partial charge in [0, 0.05) is 17.9 Å². The first-order valence-corrected chi connectivity index (χ1v) is 11.6. The second-order valence-corrected chi connectivity index (χ2v) is 9.55. The molecule has 0 saturated heterocycles. The molecule has 0 amide bonds. The van der Waals surface area contributed by atoms with E-state index < -0.39 is 40.6 Å². The van der Waals surface area contributed by atoms with E-state index in [9.17, 15) is 27.2 Å². The summed E-state index contributed by atoms with van der Waals surface area (Å²) in [6.45, 7) is 7.32. The van der Waals surface area contributed by atoms with Crippen molar-refractivity contribution in [2.24, 2.45) is 5.92 Å². The number of methoxy groups -OCH3 is 1. The van der Waals surface area contributed by atoms with Gasteiger partial charge in [-0.05, 0) is 61.1 Å². The van der Waals surface area contributed by atoms with Gasteiger partial charge in [-0.2, -0.15) is 0 Å². The number of ether oxygens (including phenoxy) is 2. The van der Waals surface area contributed by atoms with Gasteiger partial charge in [-0.1, -0.05) is 32.0 Å². The summed E-state index contributed by atoms with van der Waals surface area (Å²) in [6.07, 6.45) is -5.16. The van der Waals surface area contributed by atoms with Crippen LogP contribution in [0.15, 0.2) is 53.3 Å². The third-order valence-corrected chi connectivity index (χ3v) is 6.25. The van der Waals surface area contributed by atoms with E-state index in [1.807, 2.05) is 26.0 Å². The minimum Gasteiger partial charge on any atom is -0.497 e. The first-order chi connectivity index (χ1) is 17.2. The molecular formula is C27H28F4N2O4. The molecule has 37 heavy (non-hydrogen) atoms. The predicted molar refractivity (Wildman–Crippen MR) is 130 cm³/mol. The Kier molecular flexibility index (Phi) is 8.09. The van der Waals surface area contributed by atoms with Gasteiger partial charge >= 0.3 is 6.36 Å². The number of carbonyl (C=O) groups excluding carboxylic acids is 1. The van der Waals surface area contributed by atoms with Gasteiger partial charge < -0.3 is 14.5 Å². The predicted octanol–water partition coefficient (Wildman–Crippen LogP) is 6.15. The Labute approximate surface area is 211 Å². The molecule has 0 fully saturated rings. The second-order valence-electron chi connectivity index (χ2n) is 9.55. The fourth-order valence-corrected chi connectivity index (χ4v) is 4.04. The molecule has 0 bridgehead atoms. The van der Waals surface area contributed by atoms with E-state index in [1.54, 1.807) is 33.1 Å². The highest BCUT2D eigenvalue weighted by Gasteiger charge is 2.33. The van der Waals surface area contributed by atoms with Crippen molar-refractivity contribution < 1.29 is 31.8 Å². The average molecular weight is 521 g/mol. The zero-order valence-electron chi connectivity index (χ0n) is 21.1. The third kappa shape index (κ3) is 6.75. The quantitative estimate of drug-likeness (QED) is 0.270. The first-order valence-electron chi connectivity index (χ1n) is 11.6. The number of hydrogen-bond acceptors (Lipinski definition) is 5. The van der Waals surface area contributed by atoms with E-state index in [-0.39, 0.29) is 23.9 Å². The number of H-pyrrole nitrogens is 1. The summed E-state index contributed by atoms with van der Waals surface area (Å²) >= 11 is 0. The maximum atomic E-state index is 14.3. The number of alkyl halides is 3. The number of nitrogens with zero attached hydrogens (tertiary/aromatic N) is 1. The number of hydrogen-bond donors (Lipinski definition) is 1. The van der Waals surface area contributed by atoms with E-state index in [0.717, 1.165) is 23.8 Å². The fraction of sp³-hybridized carbons (Fsp3) is 0.370. The molecule has 1 N–H and O–H groups in total. The Morgan fingerprint density at radius 1 is 1.05 bits per heavy atom. The third-order valence-electron chi connectivity index (χ3n) is 6.25. The number of halogens is 4. The summed E-state index contributed by atoms with van der Waals surface area (Å²) in [5.41, 5.74) is -0.146. The summed E-state index contributed by atoms with van der Waals surface area (Å²) in [5, 5.41) is 0. The van der Waals surface area contributed by atoms with Gasteiger partial charge in [0.05, 0.1) is 7.11 Å². The van der Waals surface area contributed by atoms with Crippen LogP contribution in [0.4, 0.5) is 17.6 Å². The molecule has 0 unspecified atom stereocenters. The molecule has 0 aliphatic carbocycles. The average Bonchev–Trinajstić information content (AvgIpc) is 2.82. The van der Waals surface area contributed by atoms with Gasteiger partial charge in [0.2, 0.25) is 0 Å². The van der Waals surface area contributed by atoms with Gasteiger partial charge in [0.1, 0.15) is 17.3 Å². The van der Waals surface area contributed by atoms with Crippen LogP contribution in [0.25, 0.3) is 0 Å². The van der Waals surface area contributed by atoms with Crippen LogP contribution in [0, 0.1) is 11.7 Å². The number of aromatic nitrogens is 2. The standard InChI is InChI=1S/C27H28F4N2O4/c1-15(2)19(16-6-11-23(20(28)12-16)37-27(29,30)31)13-22(34)21-14-24(35)33-25(32-21)26(3,4)17-7-9-18(36-5)10-8-17/h6-12,14-15,19H,13H2,1-5H3,(H,32,33,35)/t19-/m1/s1. The van der Waals surface area contributed by atoms with Crippen molar-refractivity contribution in [1.29, 1.82) is 0 Å². The molecule has 0 aliphatic heterocycles. The van der Waals surface area contributed by atoms with Crippen molar-refractivity contribution in [3.8, 4) is 11.5 Å². The number of nitrogens with one attached hydrogen (secondary N) is 1. The lowest BCUT2D eigenvalue weighted by Gasteiger charge is -2.25. The van der Waals surface area contributed by atoms with Crippen molar-refractivity contribution in [2.45, 2.75) is 51.8 Å². The van der Waals surface area contributed by atoms with Gasteiger partial charge in [-0.15, -0.1) is 13.2 Å². The smallest absolute Gasteiger partial charge is 0.497 e. The monoisotopic (exact) mass is 520 g/mol. The van der Waals surface area contributed by atoms with Crippen molar-refractivity contribution in [3.63, 3.8) is 0 Å². The molecule has 2 aromatic carbocycles. The molecule has 3 aromatic rings. The summed E-state index contributed by atoms with van der Waals surface area (Å²) in [4.78, 5) is 32.8. The second kappa shape index (κ2) is 10.7. The minimum absolute atomic E-state index is 0.0523. The Balaban J connectivity index is 1.90. The Morgan fingerprint density at radius 3 is 2.24 bits per heavy atom. The molecule has 0 spiro atoms. The maximum Gasteiger partial charge on any atom is 0.573 e. The van der Waals surface area contributed by atoms with Gasteiger partial charge in [-0.25, -0.2) is 9.37 Å². The first kappa shape index (κ1) is 27.9. The molecule has 0 saturated carbocycles. The molecule has 1 aromatic heterocycles. The zero-order valence-corrected chi connectivity index (χ0v) is 21.1. The van der Waals surface area contributed by atoms with Crippen molar-refractivity contribution >= 4 is 5.78 Å². The maximum absolute atomic E-state index is 14.3. The van der Waals surface area contributed by atoms with E-state index in [1.165, 1.54) is 6.07 Å². The largest absolute Gasteiger partial charge is 0.573 e. The summed E-state index contributed by atoms with van der Waals surface area (Å²) in [6, 6.07) is 11.5. The van der Waals surface area contributed by atoms with Crippen LogP contribution in [-0.4, -0.2) is 29.2 Å². The van der Waals surface area contributed by atoms with Crippen LogP contribution in [0.2, 0.25) is 0 Å². The topological polar surface area (TPSA) is 81.3 Å². The van der Waals surface area contributed by atoms with E-state index >= 15 is 0 Å². The summed E-state index contributed by atoms with van der Waals surface area (Å²) < 4.78 is 60.7. The van der Waals surface area contributed by atoms with E-state index in [0.29, 0.717) is 11.3 Å². The fourth-order valence-electron chi connectivity index (χ4n) is 4.04. The number of ketones is 1.